The number of carbonyl (C=O) groups excluding carboxylic acids is 1. The highest BCUT2D eigenvalue weighted by atomic mass is 32.1. The third-order valence-electron chi connectivity index (χ3n) is 5.08. The molecule has 1 atom stereocenters. The Balaban J connectivity index is 1.29. The summed E-state index contributed by atoms with van der Waals surface area (Å²) in [5.74, 6) is 0.295. The normalized spacial score (nSPS) is 16.8. The Bertz CT molecular complexity index is 989. The van der Waals surface area contributed by atoms with E-state index in [1.807, 2.05) is 0 Å². The second-order valence-electron chi connectivity index (χ2n) is 7.35. The Kier molecular flexibility index (Phi) is 5.94. The zero-order chi connectivity index (χ0) is 20.2. The summed E-state index contributed by atoms with van der Waals surface area (Å²) in [6.45, 7) is 4.47. The van der Waals surface area contributed by atoms with Crippen molar-refractivity contribution < 1.29 is 13.9 Å². The van der Waals surface area contributed by atoms with Crippen molar-refractivity contribution in [3.63, 3.8) is 0 Å². The Hall–Kier alpha value is -2.67. The van der Waals surface area contributed by atoms with Crippen LogP contribution < -0.4 is 15.0 Å². The van der Waals surface area contributed by atoms with Gasteiger partial charge in [-0.25, -0.2) is 9.37 Å². The molecule has 0 spiro atoms. The van der Waals surface area contributed by atoms with E-state index in [-0.39, 0.29) is 17.6 Å². The maximum absolute atomic E-state index is 12.9. The van der Waals surface area contributed by atoms with E-state index in [4.69, 9.17) is 9.72 Å². The van der Waals surface area contributed by atoms with Crippen molar-refractivity contribution in [2.75, 3.05) is 31.1 Å². The van der Waals surface area contributed by atoms with Gasteiger partial charge in [0.1, 0.15) is 18.2 Å². The summed E-state index contributed by atoms with van der Waals surface area (Å²) in [5, 5.41) is 3.95. The van der Waals surface area contributed by atoms with Gasteiger partial charge in [0.15, 0.2) is 5.13 Å². The van der Waals surface area contributed by atoms with Crippen molar-refractivity contribution in [2.24, 2.45) is 5.92 Å². The van der Waals surface area contributed by atoms with Crippen LogP contribution in [0, 0.1) is 18.7 Å². The summed E-state index contributed by atoms with van der Waals surface area (Å²) >= 11 is 1.69. The van der Waals surface area contributed by atoms with Crippen LogP contribution in [0.1, 0.15) is 18.4 Å². The highest BCUT2D eigenvalue weighted by Gasteiger charge is 2.27. The molecular formula is C22H24FN3O2S. The van der Waals surface area contributed by atoms with Crippen molar-refractivity contribution in [3.05, 3.63) is 53.8 Å². The van der Waals surface area contributed by atoms with E-state index in [0.29, 0.717) is 25.4 Å². The Morgan fingerprint density at radius 3 is 2.97 bits per heavy atom. The van der Waals surface area contributed by atoms with Gasteiger partial charge in [-0.1, -0.05) is 17.4 Å². The van der Waals surface area contributed by atoms with Gasteiger partial charge in [-0.15, -0.1) is 0 Å². The Labute approximate surface area is 173 Å². The van der Waals surface area contributed by atoms with Gasteiger partial charge >= 0.3 is 0 Å². The average molecular weight is 414 g/mol. The summed E-state index contributed by atoms with van der Waals surface area (Å²) in [4.78, 5) is 19.6. The highest BCUT2D eigenvalue weighted by Crippen LogP contribution is 2.32. The molecule has 2 aromatic carbocycles. The van der Waals surface area contributed by atoms with Gasteiger partial charge in [0, 0.05) is 13.1 Å². The van der Waals surface area contributed by atoms with Crippen molar-refractivity contribution >= 4 is 32.6 Å². The molecule has 1 unspecified atom stereocenters. The van der Waals surface area contributed by atoms with Crippen LogP contribution in [0.5, 0.6) is 5.75 Å². The summed E-state index contributed by atoms with van der Waals surface area (Å²) in [6.07, 6.45) is 1.85. The summed E-state index contributed by atoms with van der Waals surface area (Å²) in [7, 11) is 0. The maximum Gasteiger partial charge on any atom is 0.225 e. The van der Waals surface area contributed by atoms with Crippen molar-refractivity contribution in [3.8, 4) is 5.75 Å². The van der Waals surface area contributed by atoms with Gasteiger partial charge in [0.05, 0.1) is 22.7 Å². The summed E-state index contributed by atoms with van der Waals surface area (Å²) in [6, 6.07) is 12.2. The highest BCUT2D eigenvalue weighted by molar-refractivity contribution is 7.22. The largest absolute Gasteiger partial charge is 0.492 e. The fourth-order valence-electron chi connectivity index (χ4n) is 3.54. The van der Waals surface area contributed by atoms with Crippen LogP contribution in [0.25, 0.3) is 10.2 Å². The zero-order valence-electron chi connectivity index (χ0n) is 16.4. The van der Waals surface area contributed by atoms with Gasteiger partial charge in [-0.05, 0) is 61.7 Å². The molecule has 29 heavy (non-hydrogen) atoms. The van der Waals surface area contributed by atoms with Gasteiger partial charge in [-0.2, -0.15) is 0 Å². The van der Waals surface area contributed by atoms with Crippen molar-refractivity contribution in [1.29, 1.82) is 0 Å². The molecule has 1 N–H and O–H groups in total. The van der Waals surface area contributed by atoms with Gasteiger partial charge in [-0.3, -0.25) is 4.79 Å². The molecule has 1 saturated heterocycles. The lowest BCUT2D eigenvalue weighted by Gasteiger charge is -2.31. The molecular weight excluding hydrogens is 389 g/mol. The van der Waals surface area contributed by atoms with Crippen LogP contribution in [0.4, 0.5) is 9.52 Å². The predicted molar refractivity (Wildman–Crippen MR) is 114 cm³/mol. The van der Waals surface area contributed by atoms with E-state index < -0.39 is 0 Å². The summed E-state index contributed by atoms with van der Waals surface area (Å²) in [5.41, 5.74) is 2.24. The molecule has 1 aliphatic rings. The molecule has 5 nitrogen and oxygen atoms in total. The minimum absolute atomic E-state index is 0.0503. The number of nitrogens with zero attached hydrogens (tertiary/aromatic N) is 2. The molecule has 1 amide bonds. The molecule has 7 heteroatoms. The van der Waals surface area contributed by atoms with Crippen LogP contribution in [0.3, 0.4) is 0 Å². The van der Waals surface area contributed by atoms with Crippen LogP contribution in [0.2, 0.25) is 0 Å². The fourth-order valence-corrected chi connectivity index (χ4v) is 4.64. The molecule has 2 heterocycles. The number of aryl methyl sites for hydroxylation is 1. The number of thiazole rings is 1. The average Bonchev–Trinajstić information content (AvgIpc) is 3.16. The molecule has 3 aromatic rings. The predicted octanol–water partition coefficient (Wildman–Crippen LogP) is 4.16. The first-order valence-electron chi connectivity index (χ1n) is 9.87. The van der Waals surface area contributed by atoms with E-state index in [2.05, 4.69) is 35.3 Å². The number of aromatic nitrogens is 1. The number of fused-ring (bicyclic) bond motifs is 1. The number of carbonyl (C=O) groups is 1. The molecule has 1 aromatic heterocycles. The molecule has 4 rings (SSSR count). The number of hydrogen-bond acceptors (Lipinski definition) is 5. The van der Waals surface area contributed by atoms with Crippen LogP contribution in [-0.4, -0.2) is 37.1 Å². The number of hydrogen-bond donors (Lipinski definition) is 1. The van der Waals surface area contributed by atoms with E-state index in [0.717, 1.165) is 30.0 Å². The molecule has 0 saturated carbocycles. The fraction of sp³-hybridized carbons (Fsp3) is 0.364. The lowest BCUT2D eigenvalue weighted by Crippen LogP contribution is -2.43. The van der Waals surface area contributed by atoms with Crippen molar-refractivity contribution in [1.82, 2.24) is 10.3 Å². The molecule has 0 aliphatic carbocycles. The quantitative estimate of drug-likeness (QED) is 0.617. The van der Waals surface area contributed by atoms with E-state index in [9.17, 15) is 9.18 Å². The van der Waals surface area contributed by atoms with Gasteiger partial charge < -0.3 is 15.0 Å². The Morgan fingerprint density at radius 2 is 2.14 bits per heavy atom. The van der Waals surface area contributed by atoms with E-state index >= 15 is 0 Å². The second kappa shape index (κ2) is 8.78. The monoisotopic (exact) mass is 413 g/mol. The number of piperidine rings is 1. The number of amides is 1. The Morgan fingerprint density at radius 1 is 1.31 bits per heavy atom. The molecule has 1 fully saturated rings. The minimum Gasteiger partial charge on any atom is -0.492 e. The van der Waals surface area contributed by atoms with E-state index in [1.54, 1.807) is 23.5 Å². The number of nitrogens with one attached hydrogen (secondary N) is 1. The van der Waals surface area contributed by atoms with Crippen LogP contribution in [-0.2, 0) is 4.79 Å². The molecule has 0 bridgehead atoms. The standard InChI is InChI=1S/C22H24FN3O2S/c1-15-4-9-19-20(13-15)29-22(25-19)26-11-2-3-16(14-26)21(27)24-10-12-28-18-7-5-17(23)6-8-18/h4-9,13,16H,2-3,10-12,14H2,1H3,(H,24,27). The van der Waals surface area contributed by atoms with Crippen LogP contribution in [0.15, 0.2) is 42.5 Å². The smallest absolute Gasteiger partial charge is 0.225 e. The first-order chi connectivity index (χ1) is 14.1. The number of halogens is 1. The summed E-state index contributed by atoms with van der Waals surface area (Å²) < 4.78 is 19.6. The molecule has 152 valence electrons. The van der Waals surface area contributed by atoms with E-state index in [1.165, 1.54) is 22.4 Å². The first-order valence-corrected chi connectivity index (χ1v) is 10.7. The zero-order valence-corrected chi connectivity index (χ0v) is 17.2. The molecule has 1 aliphatic heterocycles. The third kappa shape index (κ3) is 4.85. The number of anilines is 1. The lowest BCUT2D eigenvalue weighted by atomic mass is 9.97. The van der Waals surface area contributed by atoms with Crippen molar-refractivity contribution in [2.45, 2.75) is 19.8 Å². The van der Waals surface area contributed by atoms with Crippen LogP contribution >= 0.6 is 11.3 Å². The third-order valence-corrected chi connectivity index (χ3v) is 6.16. The number of ether oxygens (including phenoxy) is 1. The van der Waals surface area contributed by atoms with Gasteiger partial charge in [0.2, 0.25) is 5.91 Å². The topological polar surface area (TPSA) is 54.5 Å². The minimum atomic E-state index is -0.296. The SMILES string of the molecule is Cc1ccc2nc(N3CCCC(C(=O)NCCOc4ccc(F)cc4)C3)sc2c1. The second-order valence-corrected chi connectivity index (χ2v) is 8.36. The van der Waals surface area contributed by atoms with Gasteiger partial charge in [0.25, 0.3) is 0 Å². The molecule has 0 radical (unpaired) electrons. The number of benzene rings is 2. The number of rotatable bonds is 6. The maximum atomic E-state index is 12.9. The first kappa shape index (κ1) is 19.6. The lowest BCUT2D eigenvalue weighted by molar-refractivity contribution is -0.125.